The monoisotopic (exact) mass is 196 g/mol. The Morgan fingerprint density at radius 2 is 2.07 bits per heavy atom. The second-order valence-corrected chi connectivity index (χ2v) is 4.30. The average molecular weight is 196 g/mol. The van der Waals surface area contributed by atoms with E-state index in [0.717, 1.165) is 19.0 Å². The van der Waals surface area contributed by atoms with Crippen LogP contribution >= 0.6 is 0 Å². The lowest BCUT2D eigenvalue weighted by Gasteiger charge is -2.41. The van der Waals surface area contributed by atoms with Crippen LogP contribution in [0, 0.1) is 0 Å². The van der Waals surface area contributed by atoms with Crippen molar-refractivity contribution in [2.75, 3.05) is 26.7 Å². The number of rotatable bonds is 4. The smallest absolute Gasteiger partial charge is 0.0331 e. The Morgan fingerprint density at radius 1 is 1.36 bits per heavy atom. The summed E-state index contributed by atoms with van der Waals surface area (Å²) in [6.45, 7) is 12.2. The van der Waals surface area contributed by atoms with E-state index in [1.807, 2.05) is 0 Å². The number of likely N-dealkylation sites (N-methyl/N-ethyl adjacent to an activating group) is 1. The van der Waals surface area contributed by atoms with Crippen LogP contribution in [0.25, 0.3) is 0 Å². The van der Waals surface area contributed by atoms with Crippen LogP contribution in [0.2, 0.25) is 0 Å². The molecule has 0 bridgehead atoms. The summed E-state index contributed by atoms with van der Waals surface area (Å²) in [7, 11) is 2.23. The molecule has 14 heavy (non-hydrogen) atoms. The van der Waals surface area contributed by atoms with E-state index in [2.05, 4.69) is 37.3 Å². The lowest BCUT2D eigenvalue weighted by molar-refractivity contribution is 0.114. The molecule has 0 amide bonds. The summed E-state index contributed by atoms with van der Waals surface area (Å²) >= 11 is 0. The van der Waals surface area contributed by atoms with E-state index in [9.17, 15) is 0 Å². The van der Waals surface area contributed by atoms with Gasteiger partial charge >= 0.3 is 0 Å². The van der Waals surface area contributed by atoms with Gasteiger partial charge in [0.15, 0.2) is 0 Å². The van der Waals surface area contributed by atoms with Crippen molar-refractivity contribution in [2.24, 2.45) is 0 Å². The Morgan fingerprint density at radius 3 is 2.64 bits per heavy atom. The fourth-order valence-corrected chi connectivity index (χ4v) is 2.12. The van der Waals surface area contributed by atoms with E-state index in [1.165, 1.54) is 31.6 Å². The molecule has 1 aliphatic heterocycles. The fraction of sp³-hybridized carbons (Fsp3) is 0.833. The molecule has 1 unspecified atom stereocenters. The highest BCUT2D eigenvalue weighted by Gasteiger charge is 2.22. The lowest BCUT2D eigenvalue weighted by Crippen LogP contribution is -2.50. The summed E-state index contributed by atoms with van der Waals surface area (Å²) in [6, 6.07) is 0.720. The zero-order valence-electron chi connectivity index (χ0n) is 9.92. The zero-order valence-corrected chi connectivity index (χ0v) is 9.92. The Labute approximate surface area is 88.6 Å². The summed E-state index contributed by atoms with van der Waals surface area (Å²) in [5.74, 6) is 0. The fourth-order valence-electron chi connectivity index (χ4n) is 2.12. The Bertz CT molecular complexity index is 189. The Hall–Kier alpha value is -0.500. The van der Waals surface area contributed by atoms with Gasteiger partial charge in [0.25, 0.3) is 0 Å². The molecule has 1 aliphatic rings. The van der Waals surface area contributed by atoms with Gasteiger partial charge in [0.05, 0.1) is 0 Å². The van der Waals surface area contributed by atoms with Crippen molar-refractivity contribution < 1.29 is 0 Å². The van der Waals surface area contributed by atoms with Gasteiger partial charge in [-0.05, 0) is 19.9 Å². The molecule has 82 valence electrons. The maximum atomic E-state index is 4.17. The van der Waals surface area contributed by atoms with E-state index in [0.29, 0.717) is 0 Å². The van der Waals surface area contributed by atoms with Crippen molar-refractivity contribution in [3.05, 3.63) is 12.3 Å². The SMILES string of the molecule is C=C(CCC)N1CCN(C)C(CC)C1. The first-order valence-corrected chi connectivity index (χ1v) is 5.82. The van der Waals surface area contributed by atoms with Crippen LogP contribution < -0.4 is 0 Å². The molecule has 1 rings (SSSR count). The van der Waals surface area contributed by atoms with Crippen LogP contribution in [0.15, 0.2) is 12.3 Å². The van der Waals surface area contributed by atoms with Crippen molar-refractivity contribution in [1.29, 1.82) is 0 Å². The zero-order chi connectivity index (χ0) is 10.6. The highest BCUT2D eigenvalue weighted by molar-refractivity contribution is 4.97. The predicted molar refractivity (Wildman–Crippen MR) is 62.3 cm³/mol. The maximum Gasteiger partial charge on any atom is 0.0331 e. The molecular formula is C12H24N2. The van der Waals surface area contributed by atoms with Gasteiger partial charge in [0.1, 0.15) is 0 Å². The van der Waals surface area contributed by atoms with Gasteiger partial charge in [0, 0.05) is 31.4 Å². The van der Waals surface area contributed by atoms with Crippen LogP contribution in [0.5, 0.6) is 0 Å². The average Bonchev–Trinajstić information content (AvgIpc) is 2.19. The molecule has 1 fully saturated rings. The van der Waals surface area contributed by atoms with Crippen LogP contribution in [0.3, 0.4) is 0 Å². The third kappa shape index (κ3) is 2.74. The molecule has 2 nitrogen and oxygen atoms in total. The van der Waals surface area contributed by atoms with Gasteiger partial charge in [-0.3, -0.25) is 4.90 Å². The minimum Gasteiger partial charge on any atom is -0.372 e. The first kappa shape index (κ1) is 11.6. The summed E-state index contributed by atoms with van der Waals surface area (Å²) < 4.78 is 0. The summed E-state index contributed by atoms with van der Waals surface area (Å²) in [6.07, 6.45) is 3.61. The minimum absolute atomic E-state index is 0.720. The molecule has 1 atom stereocenters. The molecule has 0 aromatic carbocycles. The minimum atomic E-state index is 0.720. The quantitative estimate of drug-likeness (QED) is 0.681. The van der Waals surface area contributed by atoms with E-state index in [4.69, 9.17) is 0 Å². The highest BCUT2D eigenvalue weighted by atomic mass is 15.3. The predicted octanol–water partition coefficient (Wildman–Crippen LogP) is 2.33. The summed E-state index contributed by atoms with van der Waals surface area (Å²) in [5, 5.41) is 0. The van der Waals surface area contributed by atoms with E-state index in [-0.39, 0.29) is 0 Å². The molecule has 2 heteroatoms. The van der Waals surface area contributed by atoms with Crippen LogP contribution in [-0.4, -0.2) is 42.5 Å². The van der Waals surface area contributed by atoms with E-state index < -0.39 is 0 Å². The largest absolute Gasteiger partial charge is 0.372 e. The van der Waals surface area contributed by atoms with Gasteiger partial charge in [-0.25, -0.2) is 0 Å². The van der Waals surface area contributed by atoms with Crippen molar-refractivity contribution in [3.63, 3.8) is 0 Å². The number of allylic oxidation sites excluding steroid dienone is 1. The van der Waals surface area contributed by atoms with Gasteiger partial charge in [-0.2, -0.15) is 0 Å². The first-order valence-electron chi connectivity index (χ1n) is 5.82. The highest BCUT2D eigenvalue weighted by Crippen LogP contribution is 2.16. The molecule has 0 aromatic rings. The Kier molecular flexibility index (Phi) is 4.46. The molecule has 0 aliphatic carbocycles. The van der Waals surface area contributed by atoms with Gasteiger partial charge in [-0.1, -0.05) is 26.8 Å². The first-order chi connectivity index (χ1) is 6.69. The van der Waals surface area contributed by atoms with Gasteiger partial charge in [-0.15, -0.1) is 0 Å². The van der Waals surface area contributed by atoms with Gasteiger partial charge in [0.2, 0.25) is 0 Å². The van der Waals surface area contributed by atoms with Crippen LogP contribution in [0.1, 0.15) is 33.1 Å². The maximum absolute atomic E-state index is 4.17. The number of hydrogen-bond donors (Lipinski definition) is 0. The molecule has 1 saturated heterocycles. The van der Waals surface area contributed by atoms with E-state index in [1.54, 1.807) is 0 Å². The third-order valence-electron chi connectivity index (χ3n) is 3.23. The molecule has 0 saturated carbocycles. The van der Waals surface area contributed by atoms with Gasteiger partial charge < -0.3 is 4.90 Å². The molecule has 1 heterocycles. The number of piperazine rings is 1. The van der Waals surface area contributed by atoms with Crippen molar-refractivity contribution >= 4 is 0 Å². The summed E-state index contributed by atoms with van der Waals surface area (Å²) in [5.41, 5.74) is 1.33. The third-order valence-corrected chi connectivity index (χ3v) is 3.23. The second-order valence-electron chi connectivity index (χ2n) is 4.30. The molecule has 0 radical (unpaired) electrons. The van der Waals surface area contributed by atoms with Crippen LogP contribution in [-0.2, 0) is 0 Å². The standard InChI is InChI=1S/C12H24N2/c1-5-7-11(3)14-9-8-13(4)12(6-2)10-14/h12H,3,5-10H2,1-2,4H3. The van der Waals surface area contributed by atoms with Crippen molar-refractivity contribution in [3.8, 4) is 0 Å². The topological polar surface area (TPSA) is 6.48 Å². The second kappa shape index (κ2) is 5.40. The lowest BCUT2D eigenvalue weighted by atomic mass is 10.1. The Balaban J connectivity index is 2.45. The normalized spacial score (nSPS) is 23.9. The molecule has 0 spiro atoms. The summed E-state index contributed by atoms with van der Waals surface area (Å²) in [4.78, 5) is 4.94. The molecule has 0 N–H and O–H groups in total. The van der Waals surface area contributed by atoms with Crippen molar-refractivity contribution in [2.45, 2.75) is 39.2 Å². The number of hydrogen-bond acceptors (Lipinski definition) is 2. The number of nitrogens with zero attached hydrogens (tertiary/aromatic N) is 2. The van der Waals surface area contributed by atoms with Crippen molar-refractivity contribution in [1.82, 2.24) is 9.80 Å². The molecule has 0 aromatic heterocycles. The van der Waals surface area contributed by atoms with Crippen LogP contribution in [0.4, 0.5) is 0 Å². The molecular weight excluding hydrogens is 172 g/mol. The van der Waals surface area contributed by atoms with E-state index >= 15 is 0 Å².